The molecule has 2 aromatic rings. The summed E-state index contributed by atoms with van der Waals surface area (Å²) >= 11 is 0. The second-order valence-corrected chi connectivity index (χ2v) is 5.23. The summed E-state index contributed by atoms with van der Waals surface area (Å²) in [5.74, 6) is 0. The van der Waals surface area contributed by atoms with Crippen molar-refractivity contribution in [3.63, 3.8) is 0 Å². The summed E-state index contributed by atoms with van der Waals surface area (Å²) in [6, 6.07) is 15.1. The second kappa shape index (κ2) is 5.52. The van der Waals surface area contributed by atoms with E-state index in [9.17, 15) is 0 Å². The predicted octanol–water partition coefficient (Wildman–Crippen LogP) is 3.79. The van der Waals surface area contributed by atoms with E-state index in [1.54, 1.807) is 0 Å². The lowest BCUT2D eigenvalue weighted by Crippen LogP contribution is -2.25. The van der Waals surface area contributed by atoms with E-state index in [1.165, 1.54) is 16.3 Å². The van der Waals surface area contributed by atoms with Gasteiger partial charge in [0.25, 0.3) is 0 Å². The van der Waals surface area contributed by atoms with E-state index in [4.69, 9.17) is 5.73 Å². The standard InChI is InChI=1S/C15H19N.ClH/c1-15(2,11-16)10-12-7-8-13-5-3-4-6-14(13)9-12;/h3-9H,10-11,16H2,1-2H3;1H. The van der Waals surface area contributed by atoms with E-state index in [0.717, 1.165) is 13.0 Å². The third-order valence-corrected chi connectivity index (χ3v) is 3.05. The molecule has 0 heterocycles. The first-order valence-corrected chi connectivity index (χ1v) is 5.78. The van der Waals surface area contributed by atoms with Crippen LogP contribution in [0.15, 0.2) is 42.5 Å². The van der Waals surface area contributed by atoms with E-state index in [-0.39, 0.29) is 17.8 Å². The Labute approximate surface area is 109 Å². The van der Waals surface area contributed by atoms with Crippen LogP contribution < -0.4 is 5.73 Å². The Morgan fingerprint density at radius 3 is 2.29 bits per heavy atom. The molecule has 2 N–H and O–H groups in total. The van der Waals surface area contributed by atoms with Gasteiger partial charge in [-0.2, -0.15) is 0 Å². The van der Waals surface area contributed by atoms with Crippen LogP contribution in [0.1, 0.15) is 19.4 Å². The highest BCUT2D eigenvalue weighted by Gasteiger charge is 2.16. The van der Waals surface area contributed by atoms with Crippen molar-refractivity contribution in [1.82, 2.24) is 0 Å². The maximum absolute atomic E-state index is 5.77. The van der Waals surface area contributed by atoms with Crippen LogP contribution in [0.25, 0.3) is 10.8 Å². The molecule has 0 fully saturated rings. The molecule has 17 heavy (non-hydrogen) atoms. The van der Waals surface area contributed by atoms with Gasteiger partial charge in [0.1, 0.15) is 0 Å². The normalized spacial score (nSPS) is 11.2. The Hall–Kier alpha value is -1.05. The van der Waals surface area contributed by atoms with Crippen LogP contribution in [-0.2, 0) is 6.42 Å². The van der Waals surface area contributed by atoms with Gasteiger partial charge in [0.15, 0.2) is 0 Å². The lowest BCUT2D eigenvalue weighted by molar-refractivity contribution is 0.377. The molecule has 2 rings (SSSR count). The summed E-state index contributed by atoms with van der Waals surface area (Å²) in [5.41, 5.74) is 7.32. The van der Waals surface area contributed by atoms with Crippen molar-refractivity contribution in [2.45, 2.75) is 20.3 Å². The van der Waals surface area contributed by atoms with Gasteiger partial charge < -0.3 is 5.73 Å². The Kier molecular flexibility index (Phi) is 4.55. The molecule has 0 aliphatic heterocycles. The zero-order valence-corrected chi connectivity index (χ0v) is 11.3. The van der Waals surface area contributed by atoms with Crippen LogP contribution in [-0.4, -0.2) is 6.54 Å². The summed E-state index contributed by atoms with van der Waals surface area (Å²) < 4.78 is 0. The molecular formula is C15H20ClN. The SMILES string of the molecule is CC(C)(CN)Cc1ccc2ccccc2c1.Cl. The first-order chi connectivity index (χ1) is 7.61. The van der Waals surface area contributed by atoms with Gasteiger partial charge in [-0.1, -0.05) is 56.3 Å². The number of halogens is 1. The van der Waals surface area contributed by atoms with Crippen LogP contribution in [0.5, 0.6) is 0 Å². The van der Waals surface area contributed by atoms with Crippen LogP contribution in [0, 0.1) is 5.41 Å². The highest BCUT2D eigenvalue weighted by Crippen LogP contribution is 2.23. The topological polar surface area (TPSA) is 26.0 Å². The van der Waals surface area contributed by atoms with E-state index in [1.807, 2.05) is 0 Å². The fourth-order valence-electron chi connectivity index (χ4n) is 1.97. The largest absolute Gasteiger partial charge is 0.330 e. The molecule has 0 aliphatic rings. The van der Waals surface area contributed by atoms with Crippen LogP contribution >= 0.6 is 12.4 Å². The minimum absolute atomic E-state index is 0. The second-order valence-electron chi connectivity index (χ2n) is 5.23. The maximum Gasteiger partial charge on any atom is -0.00226 e. The maximum atomic E-state index is 5.77. The van der Waals surface area contributed by atoms with Gasteiger partial charge in [0, 0.05) is 0 Å². The molecule has 0 radical (unpaired) electrons. The number of hydrogen-bond acceptors (Lipinski definition) is 1. The number of benzene rings is 2. The smallest absolute Gasteiger partial charge is 0.00226 e. The molecular weight excluding hydrogens is 230 g/mol. The molecule has 0 unspecified atom stereocenters. The van der Waals surface area contributed by atoms with Gasteiger partial charge in [0.05, 0.1) is 0 Å². The van der Waals surface area contributed by atoms with Crippen LogP contribution in [0.3, 0.4) is 0 Å². The van der Waals surface area contributed by atoms with Crippen molar-refractivity contribution in [2.75, 3.05) is 6.54 Å². The minimum Gasteiger partial charge on any atom is -0.330 e. The molecule has 0 saturated carbocycles. The number of nitrogens with two attached hydrogens (primary N) is 1. The molecule has 2 aromatic carbocycles. The minimum atomic E-state index is 0. The Morgan fingerprint density at radius 1 is 1.00 bits per heavy atom. The highest BCUT2D eigenvalue weighted by molar-refractivity contribution is 5.85. The predicted molar refractivity (Wildman–Crippen MR) is 77.7 cm³/mol. The number of fused-ring (bicyclic) bond motifs is 1. The van der Waals surface area contributed by atoms with Gasteiger partial charge in [-0.15, -0.1) is 12.4 Å². The molecule has 92 valence electrons. The van der Waals surface area contributed by atoms with Gasteiger partial charge in [-0.05, 0) is 34.7 Å². The van der Waals surface area contributed by atoms with Crippen molar-refractivity contribution in [3.8, 4) is 0 Å². The van der Waals surface area contributed by atoms with Crippen molar-refractivity contribution in [3.05, 3.63) is 48.0 Å². The summed E-state index contributed by atoms with van der Waals surface area (Å²) in [6.07, 6.45) is 1.04. The average Bonchev–Trinajstić information content (AvgIpc) is 2.28. The van der Waals surface area contributed by atoms with E-state index in [2.05, 4.69) is 56.3 Å². The summed E-state index contributed by atoms with van der Waals surface area (Å²) in [4.78, 5) is 0. The molecule has 1 nitrogen and oxygen atoms in total. The zero-order valence-electron chi connectivity index (χ0n) is 10.4. The molecule has 0 spiro atoms. The monoisotopic (exact) mass is 249 g/mol. The van der Waals surface area contributed by atoms with Crippen LogP contribution in [0.2, 0.25) is 0 Å². The van der Waals surface area contributed by atoms with Gasteiger partial charge >= 0.3 is 0 Å². The first-order valence-electron chi connectivity index (χ1n) is 5.78. The fourth-order valence-corrected chi connectivity index (χ4v) is 1.97. The lowest BCUT2D eigenvalue weighted by Gasteiger charge is -2.22. The van der Waals surface area contributed by atoms with E-state index < -0.39 is 0 Å². The molecule has 0 atom stereocenters. The van der Waals surface area contributed by atoms with Crippen molar-refractivity contribution < 1.29 is 0 Å². The van der Waals surface area contributed by atoms with E-state index in [0.29, 0.717) is 0 Å². The summed E-state index contributed by atoms with van der Waals surface area (Å²) in [7, 11) is 0. The molecule has 0 saturated heterocycles. The average molecular weight is 250 g/mol. The summed E-state index contributed by atoms with van der Waals surface area (Å²) in [5, 5.41) is 2.62. The van der Waals surface area contributed by atoms with Gasteiger partial charge in [-0.25, -0.2) is 0 Å². The lowest BCUT2D eigenvalue weighted by atomic mass is 9.85. The number of hydrogen-bond donors (Lipinski definition) is 1. The molecule has 2 heteroatoms. The number of rotatable bonds is 3. The zero-order chi connectivity index (χ0) is 11.6. The van der Waals surface area contributed by atoms with Crippen molar-refractivity contribution in [2.24, 2.45) is 11.1 Å². The van der Waals surface area contributed by atoms with Gasteiger partial charge in [0.2, 0.25) is 0 Å². The van der Waals surface area contributed by atoms with Crippen molar-refractivity contribution in [1.29, 1.82) is 0 Å². The van der Waals surface area contributed by atoms with Gasteiger partial charge in [-0.3, -0.25) is 0 Å². The summed E-state index contributed by atoms with van der Waals surface area (Å²) in [6.45, 7) is 5.14. The Balaban J connectivity index is 0.00000144. The molecule has 0 amide bonds. The fraction of sp³-hybridized carbons (Fsp3) is 0.333. The third kappa shape index (κ3) is 3.45. The Morgan fingerprint density at radius 2 is 1.65 bits per heavy atom. The quantitative estimate of drug-likeness (QED) is 0.880. The molecule has 0 aliphatic carbocycles. The first kappa shape index (κ1) is 14.0. The highest BCUT2D eigenvalue weighted by atomic mass is 35.5. The Bertz CT molecular complexity index is 491. The van der Waals surface area contributed by atoms with E-state index >= 15 is 0 Å². The third-order valence-electron chi connectivity index (χ3n) is 3.05. The van der Waals surface area contributed by atoms with Crippen LogP contribution in [0.4, 0.5) is 0 Å². The molecule has 0 aromatic heterocycles. The van der Waals surface area contributed by atoms with Crippen molar-refractivity contribution >= 4 is 23.2 Å². The molecule has 0 bridgehead atoms.